The molecule has 5 rings (SSSR count). The highest BCUT2D eigenvalue weighted by atomic mass is 16.4. The van der Waals surface area contributed by atoms with Gasteiger partial charge in [0.05, 0.1) is 16.8 Å². The highest BCUT2D eigenvalue weighted by Crippen LogP contribution is 2.42. The number of anilines is 1. The van der Waals surface area contributed by atoms with Gasteiger partial charge in [0.1, 0.15) is 0 Å². The Kier molecular flexibility index (Phi) is 4.06. The number of aromatic nitrogens is 2. The van der Waals surface area contributed by atoms with Crippen LogP contribution in [-0.4, -0.2) is 23.2 Å². The van der Waals surface area contributed by atoms with E-state index in [1.165, 1.54) is 0 Å². The van der Waals surface area contributed by atoms with E-state index in [0.717, 1.165) is 22.4 Å². The highest BCUT2D eigenvalue weighted by Gasteiger charge is 2.34. The SMILES string of the molecule is CN1C(=O)/C(=C(/c2ccccc2)c2nnc(-c3ccccc3)o2)c2ccccc21. The van der Waals surface area contributed by atoms with E-state index in [4.69, 9.17) is 4.42 Å². The van der Waals surface area contributed by atoms with Crippen molar-refractivity contribution in [3.63, 3.8) is 0 Å². The molecule has 0 bridgehead atoms. The largest absolute Gasteiger partial charge is 0.416 e. The first-order valence-corrected chi connectivity index (χ1v) is 9.30. The van der Waals surface area contributed by atoms with Crippen LogP contribution in [0.5, 0.6) is 0 Å². The predicted octanol–water partition coefficient (Wildman–Crippen LogP) is 4.67. The van der Waals surface area contributed by atoms with Gasteiger partial charge in [0, 0.05) is 18.2 Å². The zero-order chi connectivity index (χ0) is 19.8. The number of rotatable bonds is 3. The number of benzene rings is 3. The van der Waals surface area contributed by atoms with Crippen molar-refractivity contribution in [1.82, 2.24) is 10.2 Å². The topological polar surface area (TPSA) is 59.2 Å². The number of para-hydroxylation sites is 1. The summed E-state index contributed by atoms with van der Waals surface area (Å²) in [4.78, 5) is 14.9. The Morgan fingerprint density at radius 2 is 1.48 bits per heavy atom. The van der Waals surface area contributed by atoms with Crippen LogP contribution >= 0.6 is 0 Å². The second-order valence-corrected chi connectivity index (χ2v) is 6.78. The van der Waals surface area contributed by atoms with Gasteiger partial charge < -0.3 is 9.32 Å². The molecule has 3 aromatic carbocycles. The maximum atomic E-state index is 13.2. The summed E-state index contributed by atoms with van der Waals surface area (Å²) in [5.74, 6) is 0.648. The lowest BCUT2D eigenvalue weighted by Gasteiger charge is -2.09. The zero-order valence-corrected chi connectivity index (χ0v) is 15.7. The number of likely N-dealkylation sites (N-methyl/N-ethyl adjacent to an activating group) is 1. The molecule has 1 aliphatic rings. The number of carbonyl (C=O) groups excluding carboxylic acids is 1. The van der Waals surface area contributed by atoms with E-state index >= 15 is 0 Å². The Bertz CT molecular complexity index is 1230. The smallest absolute Gasteiger partial charge is 0.259 e. The quantitative estimate of drug-likeness (QED) is 0.485. The second-order valence-electron chi connectivity index (χ2n) is 6.78. The van der Waals surface area contributed by atoms with Crippen LogP contribution in [0.15, 0.2) is 89.3 Å². The minimum Gasteiger partial charge on any atom is -0.416 e. The third-order valence-electron chi connectivity index (χ3n) is 5.03. The molecule has 0 spiro atoms. The van der Waals surface area contributed by atoms with E-state index in [9.17, 15) is 4.79 Å². The van der Waals surface area contributed by atoms with Gasteiger partial charge in [0.25, 0.3) is 5.91 Å². The molecule has 2 heterocycles. The normalized spacial score (nSPS) is 14.8. The third kappa shape index (κ3) is 2.84. The Hall–Kier alpha value is -3.99. The molecule has 1 aromatic heterocycles. The van der Waals surface area contributed by atoms with Crippen molar-refractivity contribution in [2.45, 2.75) is 0 Å². The van der Waals surface area contributed by atoms with E-state index in [0.29, 0.717) is 22.9 Å². The summed E-state index contributed by atoms with van der Waals surface area (Å²) >= 11 is 0. The van der Waals surface area contributed by atoms with Gasteiger partial charge in [-0.05, 0) is 23.8 Å². The van der Waals surface area contributed by atoms with Gasteiger partial charge in [-0.25, -0.2) is 0 Å². The molecule has 0 fully saturated rings. The number of hydrogen-bond acceptors (Lipinski definition) is 4. The fourth-order valence-corrected chi connectivity index (χ4v) is 3.61. The van der Waals surface area contributed by atoms with Crippen LogP contribution in [0.25, 0.3) is 22.6 Å². The molecule has 0 aliphatic carbocycles. The van der Waals surface area contributed by atoms with E-state index in [1.807, 2.05) is 84.9 Å². The van der Waals surface area contributed by atoms with Crippen LogP contribution in [0.1, 0.15) is 17.0 Å². The summed E-state index contributed by atoms with van der Waals surface area (Å²) in [7, 11) is 1.78. The second kappa shape index (κ2) is 6.87. The third-order valence-corrected chi connectivity index (χ3v) is 5.03. The number of fused-ring (bicyclic) bond motifs is 1. The van der Waals surface area contributed by atoms with Crippen LogP contribution in [0.3, 0.4) is 0 Å². The van der Waals surface area contributed by atoms with Crippen LogP contribution in [0.4, 0.5) is 5.69 Å². The molecular formula is C24H17N3O2. The number of carbonyl (C=O) groups is 1. The first-order chi connectivity index (χ1) is 14.2. The Morgan fingerprint density at radius 3 is 2.24 bits per heavy atom. The van der Waals surface area contributed by atoms with Crippen molar-refractivity contribution in [2.24, 2.45) is 0 Å². The van der Waals surface area contributed by atoms with Crippen LogP contribution in [0, 0.1) is 0 Å². The fourth-order valence-electron chi connectivity index (χ4n) is 3.61. The Morgan fingerprint density at radius 1 is 0.828 bits per heavy atom. The van der Waals surface area contributed by atoms with Crippen molar-refractivity contribution < 1.29 is 9.21 Å². The molecule has 1 aliphatic heterocycles. The van der Waals surface area contributed by atoms with Gasteiger partial charge in [-0.3, -0.25) is 4.79 Å². The molecule has 0 saturated heterocycles. The summed E-state index contributed by atoms with van der Waals surface area (Å²) < 4.78 is 6.05. The summed E-state index contributed by atoms with van der Waals surface area (Å²) in [6, 6.07) is 27.0. The van der Waals surface area contributed by atoms with Crippen molar-refractivity contribution in [3.8, 4) is 11.5 Å². The predicted molar refractivity (Wildman–Crippen MR) is 112 cm³/mol. The Balaban J connectivity index is 1.76. The maximum Gasteiger partial charge on any atom is 0.259 e. The minimum atomic E-state index is -0.0930. The average Bonchev–Trinajstić information content (AvgIpc) is 3.36. The molecule has 0 radical (unpaired) electrons. The van der Waals surface area contributed by atoms with Gasteiger partial charge in [0.15, 0.2) is 0 Å². The van der Waals surface area contributed by atoms with Gasteiger partial charge in [0.2, 0.25) is 11.8 Å². The summed E-state index contributed by atoms with van der Waals surface area (Å²) in [5, 5.41) is 8.53. The number of nitrogens with zero attached hydrogens (tertiary/aromatic N) is 3. The molecule has 0 atom stereocenters. The van der Waals surface area contributed by atoms with Gasteiger partial charge in [-0.2, -0.15) is 0 Å². The molecule has 0 unspecified atom stereocenters. The van der Waals surface area contributed by atoms with Gasteiger partial charge in [-0.15, -0.1) is 10.2 Å². The summed E-state index contributed by atoms with van der Waals surface area (Å²) in [5.41, 5.74) is 4.62. The summed E-state index contributed by atoms with van der Waals surface area (Å²) in [6.45, 7) is 0. The van der Waals surface area contributed by atoms with Crippen LogP contribution in [-0.2, 0) is 4.79 Å². The molecule has 140 valence electrons. The lowest BCUT2D eigenvalue weighted by molar-refractivity contribution is -0.112. The van der Waals surface area contributed by atoms with Crippen molar-refractivity contribution in [3.05, 3.63) is 102 Å². The lowest BCUT2D eigenvalue weighted by atomic mass is 9.95. The molecule has 5 heteroatoms. The fraction of sp³-hybridized carbons (Fsp3) is 0.0417. The zero-order valence-electron chi connectivity index (χ0n) is 15.7. The number of hydrogen-bond donors (Lipinski definition) is 0. The van der Waals surface area contributed by atoms with Crippen LogP contribution in [0.2, 0.25) is 0 Å². The standard InChI is InChI=1S/C24H17N3O2/c1-27-19-15-9-8-14-18(19)21(24(27)28)20(16-10-4-2-5-11-16)23-26-25-22(29-23)17-12-6-3-7-13-17/h2-15H,1H3/b21-20-. The van der Waals surface area contributed by atoms with Crippen molar-refractivity contribution >= 4 is 22.7 Å². The molecule has 5 nitrogen and oxygen atoms in total. The van der Waals surface area contributed by atoms with Crippen LogP contribution < -0.4 is 4.90 Å². The van der Waals surface area contributed by atoms with E-state index < -0.39 is 0 Å². The van der Waals surface area contributed by atoms with Gasteiger partial charge in [-0.1, -0.05) is 66.7 Å². The van der Waals surface area contributed by atoms with E-state index in [1.54, 1.807) is 11.9 Å². The highest BCUT2D eigenvalue weighted by molar-refractivity contribution is 6.38. The first-order valence-electron chi connectivity index (χ1n) is 9.30. The molecule has 1 amide bonds. The number of amides is 1. The van der Waals surface area contributed by atoms with Crippen molar-refractivity contribution in [2.75, 3.05) is 11.9 Å². The summed E-state index contributed by atoms with van der Waals surface area (Å²) in [6.07, 6.45) is 0. The first kappa shape index (κ1) is 17.1. The minimum absolute atomic E-state index is 0.0930. The Labute approximate surface area is 167 Å². The van der Waals surface area contributed by atoms with Crippen molar-refractivity contribution in [1.29, 1.82) is 0 Å². The molecule has 29 heavy (non-hydrogen) atoms. The maximum absolute atomic E-state index is 13.2. The molecule has 4 aromatic rings. The van der Waals surface area contributed by atoms with Gasteiger partial charge >= 0.3 is 0 Å². The molecular weight excluding hydrogens is 362 g/mol. The molecule has 0 saturated carbocycles. The van der Waals surface area contributed by atoms with E-state index in [-0.39, 0.29) is 5.91 Å². The lowest BCUT2D eigenvalue weighted by Crippen LogP contribution is -2.21. The van der Waals surface area contributed by atoms with E-state index in [2.05, 4.69) is 10.2 Å². The average molecular weight is 379 g/mol. The monoisotopic (exact) mass is 379 g/mol. The molecule has 0 N–H and O–H groups in total.